The van der Waals surface area contributed by atoms with Crippen molar-refractivity contribution in [3.05, 3.63) is 41.7 Å². The molecule has 39 heavy (non-hydrogen) atoms. The van der Waals surface area contributed by atoms with Crippen LogP contribution in [-0.4, -0.2) is 60.8 Å². The molecule has 1 aliphatic heterocycles. The molecule has 1 saturated carbocycles. The van der Waals surface area contributed by atoms with Crippen molar-refractivity contribution in [2.45, 2.75) is 64.3 Å². The van der Waals surface area contributed by atoms with E-state index in [9.17, 15) is 32.3 Å². The number of esters is 1. The van der Waals surface area contributed by atoms with Crippen molar-refractivity contribution >= 4 is 23.6 Å². The molecule has 0 bridgehead atoms. The molecule has 1 N–H and O–H groups in total. The number of carbonyl (C=O) groups is 4. The van der Waals surface area contributed by atoms with Crippen molar-refractivity contribution in [1.29, 1.82) is 0 Å². The molecule has 3 rings (SSSR count). The SMILES string of the molecule is C=CCOC(=O)C[C@H](NC(=O)C1CCN(C(=O)C2CCCCC2)CC1)C(=O)COc1c(C)c(F)cc(F)c1F. The molecule has 2 fully saturated rings. The lowest BCUT2D eigenvalue weighted by Gasteiger charge is -2.35. The van der Waals surface area contributed by atoms with E-state index in [1.165, 1.54) is 6.08 Å². The van der Waals surface area contributed by atoms with Gasteiger partial charge in [-0.05, 0) is 32.6 Å². The third-order valence-corrected chi connectivity index (χ3v) is 7.29. The second-order valence-electron chi connectivity index (χ2n) is 10.0. The van der Waals surface area contributed by atoms with E-state index in [0.29, 0.717) is 32.0 Å². The maximum Gasteiger partial charge on any atom is 0.308 e. The molecule has 0 unspecified atom stereocenters. The van der Waals surface area contributed by atoms with Crippen molar-refractivity contribution in [3.8, 4) is 5.75 Å². The summed E-state index contributed by atoms with van der Waals surface area (Å²) in [5, 5.41) is 2.55. The smallest absolute Gasteiger partial charge is 0.308 e. The Hall–Kier alpha value is -3.37. The number of hydrogen-bond acceptors (Lipinski definition) is 6. The van der Waals surface area contributed by atoms with Crippen LogP contribution in [0.25, 0.3) is 0 Å². The van der Waals surface area contributed by atoms with Gasteiger partial charge in [-0.1, -0.05) is 31.9 Å². The van der Waals surface area contributed by atoms with Crippen LogP contribution in [0.2, 0.25) is 0 Å². The molecule has 2 amide bonds. The zero-order chi connectivity index (χ0) is 28.5. The number of nitrogens with one attached hydrogen (secondary N) is 1. The summed E-state index contributed by atoms with van der Waals surface area (Å²) in [6.45, 7) is 4.48. The van der Waals surface area contributed by atoms with E-state index < -0.39 is 65.8 Å². The molecule has 0 aromatic heterocycles. The first-order valence-electron chi connectivity index (χ1n) is 13.3. The van der Waals surface area contributed by atoms with Gasteiger partial charge < -0.3 is 19.7 Å². The van der Waals surface area contributed by atoms with Crippen LogP contribution in [0.5, 0.6) is 5.75 Å². The molecule has 0 radical (unpaired) electrons. The molecule has 1 saturated heterocycles. The average molecular weight is 553 g/mol. The van der Waals surface area contributed by atoms with Crippen LogP contribution in [-0.2, 0) is 23.9 Å². The molecule has 1 aliphatic carbocycles. The molecule has 1 atom stereocenters. The second kappa shape index (κ2) is 14.1. The molecule has 214 valence electrons. The van der Waals surface area contributed by atoms with Crippen molar-refractivity contribution in [3.63, 3.8) is 0 Å². The van der Waals surface area contributed by atoms with Gasteiger partial charge in [0.25, 0.3) is 0 Å². The first-order chi connectivity index (χ1) is 18.6. The summed E-state index contributed by atoms with van der Waals surface area (Å²) < 4.78 is 51.6. The molecule has 0 spiro atoms. The Morgan fingerprint density at radius 1 is 1.05 bits per heavy atom. The molecule has 1 aromatic carbocycles. The van der Waals surface area contributed by atoms with Crippen LogP contribution in [0.3, 0.4) is 0 Å². The lowest BCUT2D eigenvalue weighted by Crippen LogP contribution is -2.50. The normalized spacial score (nSPS) is 17.3. The summed E-state index contributed by atoms with van der Waals surface area (Å²) in [4.78, 5) is 52.8. The number of halogens is 3. The summed E-state index contributed by atoms with van der Waals surface area (Å²) in [6.07, 6.45) is 6.62. The van der Waals surface area contributed by atoms with E-state index in [2.05, 4.69) is 11.9 Å². The Kier molecular flexibility index (Phi) is 10.9. The van der Waals surface area contributed by atoms with Gasteiger partial charge >= 0.3 is 5.97 Å². The first-order valence-corrected chi connectivity index (χ1v) is 13.3. The fourth-order valence-corrected chi connectivity index (χ4v) is 4.96. The standard InChI is InChI=1S/C28H35F3N2O6/c1-3-13-38-24(35)15-22(23(34)16-39-26-17(2)20(29)14-21(30)25(26)31)32-27(36)18-9-11-33(12-10-18)28(37)19-7-5-4-6-8-19/h3,14,18-19,22H,1,4-13,15-16H2,2H3,(H,32,36)/t22-/m0/s1. The Bertz CT molecular complexity index is 1060. The van der Waals surface area contributed by atoms with Gasteiger partial charge in [0.15, 0.2) is 17.3 Å². The number of piperidine rings is 1. The Morgan fingerprint density at radius 3 is 2.36 bits per heavy atom. The quantitative estimate of drug-likeness (QED) is 0.255. The first kappa shape index (κ1) is 30.2. The summed E-state index contributed by atoms with van der Waals surface area (Å²) in [6, 6.07) is -1.01. The topological polar surface area (TPSA) is 102 Å². The number of hydrogen-bond donors (Lipinski definition) is 1. The zero-order valence-corrected chi connectivity index (χ0v) is 22.1. The van der Waals surface area contributed by atoms with Gasteiger partial charge in [-0.3, -0.25) is 19.2 Å². The summed E-state index contributed by atoms with van der Waals surface area (Å²) in [5.74, 6) is -7.17. The van der Waals surface area contributed by atoms with Crippen molar-refractivity contribution in [2.24, 2.45) is 11.8 Å². The molecular weight excluding hydrogens is 517 g/mol. The predicted molar refractivity (Wildman–Crippen MR) is 135 cm³/mol. The van der Waals surface area contributed by atoms with Crippen molar-refractivity contribution in [1.82, 2.24) is 10.2 Å². The van der Waals surface area contributed by atoms with Crippen molar-refractivity contribution < 1.29 is 41.8 Å². The molecule has 2 aliphatic rings. The monoisotopic (exact) mass is 552 g/mol. The molecule has 1 heterocycles. The Balaban J connectivity index is 1.62. The van der Waals surface area contributed by atoms with E-state index in [0.717, 1.165) is 39.0 Å². The summed E-state index contributed by atoms with van der Waals surface area (Å²) >= 11 is 0. The van der Waals surface area contributed by atoms with E-state index in [1.54, 1.807) is 4.90 Å². The zero-order valence-electron chi connectivity index (χ0n) is 22.1. The Labute approximate surface area is 225 Å². The summed E-state index contributed by atoms with van der Waals surface area (Å²) in [5.41, 5.74) is -0.331. The number of benzene rings is 1. The van der Waals surface area contributed by atoms with Crippen LogP contribution in [0, 0.1) is 36.2 Å². The Morgan fingerprint density at radius 2 is 1.72 bits per heavy atom. The molecule has 8 nitrogen and oxygen atoms in total. The summed E-state index contributed by atoms with van der Waals surface area (Å²) in [7, 11) is 0. The van der Waals surface area contributed by atoms with E-state index in [1.807, 2.05) is 0 Å². The average Bonchev–Trinajstić information content (AvgIpc) is 2.94. The van der Waals surface area contributed by atoms with E-state index >= 15 is 0 Å². The molecule has 1 aromatic rings. The number of carbonyl (C=O) groups excluding carboxylic acids is 4. The second-order valence-corrected chi connectivity index (χ2v) is 10.0. The number of rotatable bonds is 11. The number of nitrogens with zero attached hydrogens (tertiary/aromatic N) is 1. The fraction of sp³-hybridized carbons (Fsp3) is 0.571. The largest absolute Gasteiger partial charge is 0.482 e. The maximum absolute atomic E-state index is 14.1. The molecular formula is C28H35F3N2O6. The fourth-order valence-electron chi connectivity index (χ4n) is 4.96. The highest BCUT2D eigenvalue weighted by Gasteiger charge is 2.34. The minimum Gasteiger partial charge on any atom is -0.482 e. The van der Waals surface area contributed by atoms with Gasteiger partial charge in [0.2, 0.25) is 17.6 Å². The minimum absolute atomic E-state index is 0.0349. The van der Waals surface area contributed by atoms with Crippen LogP contribution in [0.4, 0.5) is 13.2 Å². The third kappa shape index (κ3) is 8.06. The van der Waals surface area contributed by atoms with Gasteiger partial charge in [0.05, 0.1) is 6.42 Å². The number of amides is 2. The van der Waals surface area contributed by atoms with E-state index in [-0.39, 0.29) is 24.0 Å². The lowest BCUT2D eigenvalue weighted by atomic mass is 9.87. The lowest BCUT2D eigenvalue weighted by molar-refractivity contribution is -0.145. The highest BCUT2D eigenvalue weighted by Crippen LogP contribution is 2.29. The van der Waals surface area contributed by atoms with Gasteiger partial charge in [0, 0.05) is 36.6 Å². The maximum atomic E-state index is 14.1. The highest BCUT2D eigenvalue weighted by atomic mass is 19.2. The predicted octanol–water partition coefficient (Wildman–Crippen LogP) is 3.78. The number of ketones is 1. The van der Waals surface area contributed by atoms with Crippen LogP contribution in [0.1, 0.15) is 56.9 Å². The number of ether oxygens (including phenoxy) is 2. The van der Waals surface area contributed by atoms with Gasteiger partial charge in [-0.15, -0.1) is 0 Å². The van der Waals surface area contributed by atoms with Crippen LogP contribution in [0.15, 0.2) is 18.7 Å². The third-order valence-electron chi connectivity index (χ3n) is 7.29. The van der Waals surface area contributed by atoms with Crippen molar-refractivity contribution in [2.75, 3.05) is 26.3 Å². The van der Waals surface area contributed by atoms with Gasteiger partial charge in [-0.2, -0.15) is 4.39 Å². The molecule has 11 heteroatoms. The number of Topliss-reactive ketones (excluding diaryl/α,β-unsaturated/α-hetero) is 1. The van der Waals surface area contributed by atoms with Gasteiger partial charge in [0.1, 0.15) is 25.1 Å². The van der Waals surface area contributed by atoms with Crippen LogP contribution >= 0.6 is 0 Å². The number of likely N-dealkylation sites (tertiary alicyclic amines) is 1. The minimum atomic E-state index is -1.48. The van der Waals surface area contributed by atoms with Gasteiger partial charge in [-0.25, -0.2) is 8.78 Å². The van der Waals surface area contributed by atoms with Crippen LogP contribution < -0.4 is 10.1 Å². The van der Waals surface area contributed by atoms with E-state index in [4.69, 9.17) is 9.47 Å². The highest BCUT2D eigenvalue weighted by molar-refractivity contribution is 5.93.